The number of hydrogen-bond acceptors (Lipinski definition) is 4. The van der Waals surface area contributed by atoms with Crippen molar-refractivity contribution in [3.8, 4) is 5.75 Å². The Morgan fingerprint density at radius 2 is 2.14 bits per heavy atom. The van der Waals surface area contributed by atoms with Gasteiger partial charge in [0.2, 0.25) is 5.91 Å². The molecule has 0 aliphatic rings. The van der Waals surface area contributed by atoms with Gasteiger partial charge in [0.15, 0.2) is 0 Å². The first-order valence-electron chi connectivity index (χ1n) is 6.80. The van der Waals surface area contributed by atoms with E-state index >= 15 is 0 Å². The number of amides is 1. The zero-order valence-electron chi connectivity index (χ0n) is 12.4. The molecule has 0 radical (unpaired) electrons. The number of carbonyl (C=O) groups is 1. The second-order valence-corrected chi connectivity index (χ2v) is 4.53. The minimum absolute atomic E-state index is 0.134. The van der Waals surface area contributed by atoms with Gasteiger partial charge < -0.3 is 20.8 Å². The first-order chi connectivity index (χ1) is 10.0. The van der Waals surface area contributed by atoms with Crippen LogP contribution in [-0.4, -0.2) is 36.3 Å². The highest BCUT2D eigenvalue weighted by Gasteiger charge is 2.08. The number of nitrogens with one attached hydrogen (secondary N) is 2. The summed E-state index contributed by atoms with van der Waals surface area (Å²) in [6.07, 6.45) is 2.65. The maximum atomic E-state index is 11.5. The summed E-state index contributed by atoms with van der Waals surface area (Å²) >= 11 is 0. The second-order valence-electron chi connectivity index (χ2n) is 4.53. The monoisotopic (exact) mass is 290 g/mol. The highest BCUT2D eigenvalue weighted by atomic mass is 16.3. The van der Waals surface area contributed by atoms with Crippen LogP contribution < -0.4 is 10.6 Å². The van der Waals surface area contributed by atoms with Crippen LogP contribution in [0, 0.1) is 0 Å². The van der Waals surface area contributed by atoms with E-state index in [1.54, 1.807) is 18.2 Å². The normalized spacial score (nSPS) is 11.1. The topological polar surface area (TPSA) is 81.6 Å². The molecule has 5 nitrogen and oxygen atoms in total. The van der Waals surface area contributed by atoms with Gasteiger partial charge in [0.1, 0.15) is 5.75 Å². The molecule has 0 saturated heterocycles. The standard InChI is InChI=1S/C16H22N2O3/c1-4-12(7-8-18-16(21)11(2)10-19)14-9-13(20)5-6-15(14)17-3/h5-7,9,17,19-20H,2,4,8,10H2,1,3H3,(H,18,21)/b12-7+. The summed E-state index contributed by atoms with van der Waals surface area (Å²) in [5.41, 5.74) is 2.95. The van der Waals surface area contributed by atoms with Crippen molar-refractivity contribution in [1.29, 1.82) is 0 Å². The largest absolute Gasteiger partial charge is 0.508 e. The van der Waals surface area contributed by atoms with E-state index in [-0.39, 0.29) is 23.8 Å². The van der Waals surface area contributed by atoms with Gasteiger partial charge in [0, 0.05) is 30.4 Å². The first-order valence-corrected chi connectivity index (χ1v) is 6.80. The predicted octanol–water partition coefficient (Wildman–Crippen LogP) is 1.89. The van der Waals surface area contributed by atoms with Gasteiger partial charge in [-0.25, -0.2) is 0 Å². The van der Waals surface area contributed by atoms with Gasteiger partial charge >= 0.3 is 0 Å². The number of aliphatic hydroxyl groups is 1. The Morgan fingerprint density at radius 3 is 2.71 bits per heavy atom. The molecule has 0 atom stereocenters. The minimum Gasteiger partial charge on any atom is -0.508 e. The first kappa shape index (κ1) is 16.8. The van der Waals surface area contributed by atoms with Crippen LogP contribution in [0.5, 0.6) is 5.75 Å². The number of phenols is 1. The van der Waals surface area contributed by atoms with E-state index < -0.39 is 0 Å². The highest BCUT2D eigenvalue weighted by molar-refractivity contribution is 5.93. The molecule has 0 bridgehead atoms. The van der Waals surface area contributed by atoms with Crippen LogP contribution in [0.25, 0.3) is 5.57 Å². The molecule has 1 rings (SSSR count). The van der Waals surface area contributed by atoms with Gasteiger partial charge in [-0.2, -0.15) is 0 Å². The molecule has 0 aliphatic carbocycles. The molecule has 5 heteroatoms. The molecule has 4 N–H and O–H groups in total. The average molecular weight is 290 g/mol. The number of allylic oxidation sites excluding steroid dienone is 1. The fourth-order valence-corrected chi connectivity index (χ4v) is 1.92. The fourth-order valence-electron chi connectivity index (χ4n) is 1.92. The zero-order chi connectivity index (χ0) is 15.8. The number of carbonyl (C=O) groups excluding carboxylic acids is 1. The summed E-state index contributed by atoms with van der Waals surface area (Å²) in [6, 6.07) is 5.12. The number of aliphatic hydroxyl groups excluding tert-OH is 1. The van der Waals surface area contributed by atoms with E-state index in [1.807, 2.05) is 20.0 Å². The number of anilines is 1. The van der Waals surface area contributed by atoms with E-state index in [0.29, 0.717) is 6.54 Å². The van der Waals surface area contributed by atoms with Crippen molar-refractivity contribution in [2.45, 2.75) is 13.3 Å². The van der Waals surface area contributed by atoms with Crippen LogP contribution in [0.15, 0.2) is 36.4 Å². The van der Waals surface area contributed by atoms with Crippen molar-refractivity contribution in [3.63, 3.8) is 0 Å². The number of hydrogen-bond donors (Lipinski definition) is 4. The summed E-state index contributed by atoms with van der Waals surface area (Å²) in [5, 5.41) is 24.2. The van der Waals surface area contributed by atoms with E-state index in [2.05, 4.69) is 17.2 Å². The van der Waals surface area contributed by atoms with E-state index in [1.165, 1.54) is 0 Å². The molecule has 0 aliphatic heterocycles. The van der Waals surface area contributed by atoms with Gasteiger partial charge in [0.05, 0.1) is 6.61 Å². The third-order valence-electron chi connectivity index (χ3n) is 3.12. The molecule has 0 saturated carbocycles. The van der Waals surface area contributed by atoms with Gasteiger partial charge in [0.25, 0.3) is 0 Å². The molecule has 114 valence electrons. The fraction of sp³-hybridized carbons (Fsp3) is 0.312. The SMILES string of the molecule is C=C(CO)C(=O)NC/C=C(\CC)c1cc(O)ccc1NC. The summed E-state index contributed by atoms with van der Waals surface area (Å²) in [6.45, 7) is 5.44. The lowest BCUT2D eigenvalue weighted by atomic mass is 10.0. The van der Waals surface area contributed by atoms with Crippen LogP contribution >= 0.6 is 0 Å². The number of benzene rings is 1. The Morgan fingerprint density at radius 1 is 1.43 bits per heavy atom. The number of aromatic hydroxyl groups is 1. The lowest BCUT2D eigenvalue weighted by Gasteiger charge is -2.12. The molecule has 1 aromatic carbocycles. The van der Waals surface area contributed by atoms with Crippen LogP contribution in [-0.2, 0) is 4.79 Å². The third-order valence-corrected chi connectivity index (χ3v) is 3.12. The Bertz CT molecular complexity index is 550. The van der Waals surface area contributed by atoms with E-state index in [9.17, 15) is 9.90 Å². The lowest BCUT2D eigenvalue weighted by molar-refractivity contribution is -0.117. The molecule has 0 aromatic heterocycles. The van der Waals surface area contributed by atoms with Gasteiger partial charge in [-0.3, -0.25) is 4.79 Å². The molecule has 21 heavy (non-hydrogen) atoms. The summed E-state index contributed by atoms with van der Waals surface area (Å²) in [7, 11) is 1.82. The van der Waals surface area contributed by atoms with Crippen molar-refractivity contribution in [1.82, 2.24) is 5.32 Å². The number of phenolic OH excluding ortho intramolecular Hbond substituents is 1. The Kier molecular flexibility index (Phi) is 6.49. The smallest absolute Gasteiger partial charge is 0.249 e. The van der Waals surface area contributed by atoms with Crippen LogP contribution in [0.1, 0.15) is 18.9 Å². The second kappa shape index (κ2) is 8.11. The Hall–Kier alpha value is -2.27. The van der Waals surface area contributed by atoms with Gasteiger partial charge in [-0.1, -0.05) is 19.6 Å². The van der Waals surface area contributed by atoms with Crippen molar-refractivity contribution in [3.05, 3.63) is 42.0 Å². The molecule has 1 aromatic rings. The van der Waals surface area contributed by atoms with Crippen molar-refractivity contribution >= 4 is 17.2 Å². The Balaban J connectivity index is 2.88. The summed E-state index contributed by atoms with van der Waals surface area (Å²) in [5.74, 6) is -0.171. The van der Waals surface area contributed by atoms with Crippen molar-refractivity contribution in [2.24, 2.45) is 0 Å². The van der Waals surface area contributed by atoms with E-state index in [0.717, 1.165) is 23.2 Å². The number of rotatable bonds is 7. The molecular formula is C16H22N2O3. The minimum atomic E-state index is -0.367. The van der Waals surface area contributed by atoms with Crippen LogP contribution in [0.4, 0.5) is 5.69 Å². The Labute approximate surface area is 125 Å². The molecule has 0 fully saturated rings. The maximum Gasteiger partial charge on any atom is 0.249 e. The molecule has 0 unspecified atom stereocenters. The van der Waals surface area contributed by atoms with Crippen LogP contribution in [0.3, 0.4) is 0 Å². The predicted molar refractivity (Wildman–Crippen MR) is 85.2 cm³/mol. The molecule has 0 heterocycles. The van der Waals surface area contributed by atoms with Crippen LogP contribution in [0.2, 0.25) is 0 Å². The third kappa shape index (κ3) is 4.65. The zero-order valence-corrected chi connectivity index (χ0v) is 12.4. The molecule has 0 spiro atoms. The highest BCUT2D eigenvalue weighted by Crippen LogP contribution is 2.29. The maximum absolute atomic E-state index is 11.5. The van der Waals surface area contributed by atoms with Crippen molar-refractivity contribution < 1.29 is 15.0 Å². The van der Waals surface area contributed by atoms with Gasteiger partial charge in [-0.15, -0.1) is 0 Å². The van der Waals surface area contributed by atoms with Gasteiger partial charge in [-0.05, 0) is 30.2 Å². The molecular weight excluding hydrogens is 268 g/mol. The average Bonchev–Trinajstić information content (AvgIpc) is 2.50. The van der Waals surface area contributed by atoms with E-state index in [4.69, 9.17) is 5.11 Å². The molecule has 1 amide bonds. The lowest BCUT2D eigenvalue weighted by Crippen LogP contribution is -2.26. The summed E-state index contributed by atoms with van der Waals surface area (Å²) in [4.78, 5) is 11.5. The quantitative estimate of drug-likeness (QED) is 0.456. The summed E-state index contributed by atoms with van der Waals surface area (Å²) < 4.78 is 0. The van der Waals surface area contributed by atoms with Crippen molar-refractivity contribution in [2.75, 3.05) is 25.5 Å².